The standard InChI is InChI=1S/3C40H26N2O/c1-3-12-27(13-4-1)36-26-37(28-14-5-2-6-15-28)42-40(41-36)32-19-10-17-30(25-32)29-16-9-18-31(24-29)33-21-11-22-35-34-20-7-8-23-38(34)43-39(33)35;1-3-11-28(12-4-1)36-26-37(29-13-5-2-6-14-29)42-40(41-36)30-23-21-27(22-24-30)31-15-9-16-32(25-31)33-18-10-19-35-34-17-7-8-20-38(34)43-39(33)35;1-3-11-28(12-4-1)35-26-36(29-13-5-2-6-14-29)42-40(41-35)30-23-21-27(22-24-30)31-15-9-16-32(25-31)33-18-10-20-38-39(33)34-17-7-8-19-37(34)43-38/h3*1-26H. The van der Waals surface area contributed by atoms with Gasteiger partial charge in [0.25, 0.3) is 0 Å². The molecule has 606 valence electrons. The van der Waals surface area contributed by atoms with Crippen LogP contribution in [0.5, 0.6) is 0 Å². The summed E-state index contributed by atoms with van der Waals surface area (Å²) in [6, 6.07) is 163. The van der Waals surface area contributed by atoms with Gasteiger partial charge in [-0.15, -0.1) is 0 Å². The van der Waals surface area contributed by atoms with E-state index in [2.05, 4.69) is 322 Å². The molecule has 6 aromatic heterocycles. The van der Waals surface area contributed by atoms with Crippen molar-refractivity contribution in [3.05, 3.63) is 473 Å². The SMILES string of the molecule is c1ccc(-c2cc(-c3ccccc3)nc(-c3ccc(-c4cccc(-c5cccc6c5oc5ccccc56)c4)cc3)n2)cc1.c1ccc(-c2cc(-c3ccccc3)nc(-c3ccc(-c4cccc(-c5cccc6oc7ccccc7c56)c4)cc3)n2)cc1.c1ccc(-c2cc(-c3ccccc3)nc(-c3cccc(-c4cccc(-c5cccc6c5oc5ccccc56)c4)c3)n2)cc1. The van der Waals surface area contributed by atoms with Crippen molar-refractivity contribution in [2.45, 2.75) is 0 Å². The molecular weight excluding hydrogens is 1570 g/mol. The fourth-order valence-corrected chi connectivity index (χ4v) is 17.3. The van der Waals surface area contributed by atoms with E-state index >= 15 is 0 Å². The molecule has 24 rings (SSSR count). The first kappa shape index (κ1) is 77.6. The van der Waals surface area contributed by atoms with Crippen molar-refractivity contribution in [2.24, 2.45) is 0 Å². The fraction of sp³-hybridized carbons (Fsp3) is 0. The van der Waals surface area contributed by atoms with Gasteiger partial charge in [-0.1, -0.05) is 406 Å². The summed E-state index contributed by atoms with van der Waals surface area (Å²) in [5.41, 5.74) is 33.7. The molecule has 18 aromatic carbocycles. The Morgan fingerprint density at radius 1 is 0.132 bits per heavy atom. The number of para-hydroxylation sites is 5. The Kier molecular flexibility index (Phi) is 20.9. The zero-order chi connectivity index (χ0) is 85.8. The van der Waals surface area contributed by atoms with E-state index in [-0.39, 0.29) is 0 Å². The van der Waals surface area contributed by atoms with Crippen molar-refractivity contribution < 1.29 is 13.3 Å². The Hall–Kier alpha value is -17.4. The first-order valence-electron chi connectivity index (χ1n) is 43.2. The molecule has 0 aliphatic heterocycles. The van der Waals surface area contributed by atoms with Gasteiger partial charge in [0.15, 0.2) is 17.5 Å². The molecule has 0 saturated heterocycles. The van der Waals surface area contributed by atoms with Gasteiger partial charge in [-0.2, -0.15) is 0 Å². The molecule has 24 aromatic rings. The van der Waals surface area contributed by atoms with Gasteiger partial charge >= 0.3 is 0 Å². The molecule has 6 heterocycles. The van der Waals surface area contributed by atoms with Crippen LogP contribution in [0.25, 0.3) is 234 Å². The van der Waals surface area contributed by atoms with Gasteiger partial charge in [-0.3, -0.25) is 0 Å². The summed E-state index contributed by atoms with van der Waals surface area (Å²) in [6.07, 6.45) is 0. The fourth-order valence-electron chi connectivity index (χ4n) is 17.3. The van der Waals surface area contributed by atoms with Gasteiger partial charge in [0, 0.05) is 93.5 Å². The molecule has 0 bridgehead atoms. The number of aromatic nitrogens is 6. The lowest BCUT2D eigenvalue weighted by Gasteiger charge is -2.11. The molecule has 9 nitrogen and oxygen atoms in total. The molecule has 0 atom stereocenters. The zero-order valence-electron chi connectivity index (χ0n) is 69.9. The Balaban J connectivity index is 0.000000114. The average Bonchev–Trinajstić information content (AvgIpc) is 1.66. The second kappa shape index (κ2) is 34.7. The Morgan fingerprint density at radius 3 is 0.729 bits per heavy atom. The minimum Gasteiger partial charge on any atom is -0.456 e. The van der Waals surface area contributed by atoms with Crippen LogP contribution in [0.2, 0.25) is 0 Å². The van der Waals surface area contributed by atoms with Crippen LogP contribution in [0.4, 0.5) is 0 Å². The third-order valence-corrected chi connectivity index (χ3v) is 23.7. The molecule has 0 radical (unpaired) electrons. The maximum absolute atomic E-state index is 6.34. The molecule has 0 saturated carbocycles. The molecule has 0 unspecified atom stereocenters. The van der Waals surface area contributed by atoms with Gasteiger partial charge in [0.2, 0.25) is 0 Å². The lowest BCUT2D eigenvalue weighted by atomic mass is 9.95. The molecule has 0 spiro atoms. The molecule has 0 N–H and O–H groups in total. The minimum atomic E-state index is 0.699. The maximum atomic E-state index is 6.34. The third kappa shape index (κ3) is 16.0. The Bertz CT molecular complexity index is 8020. The van der Waals surface area contributed by atoms with Gasteiger partial charge in [-0.25, -0.2) is 29.9 Å². The second-order valence-electron chi connectivity index (χ2n) is 31.9. The summed E-state index contributed by atoms with van der Waals surface area (Å²) >= 11 is 0. The van der Waals surface area contributed by atoms with Crippen LogP contribution >= 0.6 is 0 Å². The second-order valence-corrected chi connectivity index (χ2v) is 31.9. The lowest BCUT2D eigenvalue weighted by Crippen LogP contribution is -1.96. The molecule has 0 aliphatic rings. The Labute approximate surface area is 745 Å². The van der Waals surface area contributed by atoms with E-state index in [1.165, 1.54) is 5.56 Å². The number of rotatable bonds is 15. The number of fused-ring (bicyclic) bond motifs is 9. The summed E-state index contributed by atoms with van der Waals surface area (Å²) in [6.45, 7) is 0. The topological polar surface area (TPSA) is 117 Å². The predicted octanol–water partition coefficient (Wildman–Crippen LogP) is 32.1. The zero-order valence-corrected chi connectivity index (χ0v) is 69.9. The van der Waals surface area contributed by atoms with E-state index in [9.17, 15) is 0 Å². The maximum Gasteiger partial charge on any atom is 0.160 e. The molecule has 0 amide bonds. The summed E-state index contributed by atoms with van der Waals surface area (Å²) < 4.78 is 18.8. The van der Waals surface area contributed by atoms with E-state index in [1.807, 2.05) is 152 Å². The molecule has 0 fully saturated rings. The quantitative estimate of drug-likeness (QED) is 0.0989. The number of benzene rings is 18. The van der Waals surface area contributed by atoms with Crippen LogP contribution in [-0.4, -0.2) is 29.9 Å². The molecular formula is C120H78N6O3. The predicted molar refractivity (Wildman–Crippen MR) is 529 cm³/mol. The summed E-state index contributed by atoms with van der Waals surface area (Å²) in [5.74, 6) is 2.11. The van der Waals surface area contributed by atoms with Crippen molar-refractivity contribution in [3.63, 3.8) is 0 Å². The van der Waals surface area contributed by atoms with Crippen molar-refractivity contribution in [1.29, 1.82) is 0 Å². The highest BCUT2D eigenvalue weighted by Crippen LogP contribution is 2.43. The van der Waals surface area contributed by atoms with E-state index in [4.69, 9.17) is 43.2 Å². The highest BCUT2D eigenvalue weighted by atomic mass is 16.3. The first-order chi connectivity index (χ1) is 63.9. The number of hydrogen-bond donors (Lipinski definition) is 0. The van der Waals surface area contributed by atoms with Crippen LogP contribution in [0, 0.1) is 0 Å². The summed E-state index contributed by atoms with van der Waals surface area (Å²) in [4.78, 5) is 30.0. The van der Waals surface area contributed by atoms with Gasteiger partial charge in [0.1, 0.15) is 33.5 Å². The van der Waals surface area contributed by atoms with Crippen molar-refractivity contribution in [2.75, 3.05) is 0 Å². The van der Waals surface area contributed by atoms with E-state index in [1.54, 1.807) is 0 Å². The Morgan fingerprint density at radius 2 is 0.364 bits per heavy atom. The summed E-state index contributed by atoms with van der Waals surface area (Å²) in [5, 5.41) is 6.82. The molecule has 9 heteroatoms. The minimum absolute atomic E-state index is 0.699. The van der Waals surface area contributed by atoms with Crippen LogP contribution in [0.1, 0.15) is 0 Å². The van der Waals surface area contributed by atoms with Gasteiger partial charge < -0.3 is 13.3 Å². The van der Waals surface area contributed by atoms with Crippen molar-refractivity contribution in [1.82, 2.24) is 29.9 Å². The van der Waals surface area contributed by atoms with E-state index < -0.39 is 0 Å². The van der Waals surface area contributed by atoms with Gasteiger partial charge in [-0.05, 0) is 122 Å². The largest absolute Gasteiger partial charge is 0.456 e. The number of hydrogen-bond acceptors (Lipinski definition) is 9. The highest BCUT2D eigenvalue weighted by Gasteiger charge is 2.21. The first-order valence-corrected chi connectivity index (χ1v) is 43.2. The number of nitrogens with zero attached hydrogens (tertiary/aromatic N) is 6. The van der Waals surface area contributed by atoms with E-state index in [0.29, 0.717) is 17.5 Å². The van der Waals surface area contributed by atoms with Crippen molar-refractivity contribution in [3.8, 4) is 168 Å². The van der Waals surface area contributed by atoms with Crippen LogP contribution in [0.3, 0.4) is 0 Å². The monoisotopic (exact) mass is 1650 g/mol. The lowest BCUT2D eigenvalue weighted by molar-refractivity contribution is 0.669. The smallest absolute Gasteiger partial charge is 0.160 e. The normalized spacial score (nSPS) is 11.3. The average molecular weight is 1650 g/mol. The molecule has 0 aliphatic carbocycles. The highest BCUT2D eigenvalue weighted by molar-refractivity contribution is 6.13. The summed E-state index contributed by atoms with van der Waals surface area (Å²) in [7, 11) is 0. The van der Waals surface area contributed by atoms with Crippen LogP contribution in [0.15, 0.2) is 486 Å². The van der Waals surface area contributed by atoms with E-state index in [0.717, 1.165) is 211 Å². The van der Waals surface area contributed by atoms with Crippen LogP contribution in [-0.2, 0) is 0 Å². The number of furan rings is 3. The van der Waals surface area contributed by atoms with Crippen molar-refractivity contribution >= 4 is 65.8 Å². The molecule has 129 heavy (non-hydrogen) atoms. The van der Waals surface area contributed by atoms with Crippen LogP contribution < -0.4 is 0 Å². The van der Waals surface area contributed by atoms with Gasteiger partial charge in [0.05, 0.1) is 34.2 Å². The third-order valence-electron chi connectivity index (χ3n) is 23.7.